The van der Waals surface area contributed by atoms with Crippen LogP contribution >= 0.6 is 0 Å². The fourth-order valence-electron chi connectivity index (χ4n) is 1.31. The van der Waals surface area contributed by atoms with Gasteiger partial charge in [0.1, 0.15) is 6.04 Å². The van der Waals surface area contributed by atoms with E-state index in [4.69, 9.17) is 4.74 Å². The van der Waals surface area contributed by atoms with Crippen molar-refractivity contribution in [3.05, 3.63) is 0 Å². The van der Waals surface area contributed by atoms with Crippen LogP contribution in [-0.4, -0.2) is 37.1 Å². The summed E-state index contributed by atoms with van der Waals surface area (Å²) in [5.41, 5.74) is 0. The van der Waals surface area contributed by atoms with Gasteiger partial charge >= 0.3 is 5.97 Å². The first-order chi connectivity index (χ1) is 6.15. The van der Waals surface area contributed by atoms with E-state index in [2.05, 4.69) is 4.90 Å². The first-order valence-electron chi connectivity index (χ1n) is 5.02. The number of nitrogens with zero attached hydrogens (tertiary/aromatic N) is 1. The van der Waals surface area contributed by atoms with Crippen LogP contribution in [0.3, 0.4) is 0 Å². The minimum absolute atomic E-state index is 0.0967. The monoisotopic (exact) mass is 185 g/mol. The zero-order valence-corrected chi connectivity index (χ0v) is 8.75. The van der Waals surface area contributed by atoms with Crippen molar-refractivity contribution in [2.24, 2.45) is 5.92 Å². The molecule has 0 aromatic heterocycles. The average Bonchev–Trinajstić information content (AvgIpc) is 2.87. The van der Waals surface area contributed by atoms with E-state index in [0.717, 1.165) is 12.5 Å². The van der Waals surface area contributed by atoms with Gasteiger partial charge in [-0.25, -0.2) is 0 Å². The summed E-state index contributed by atoms with van der Waals surface area (Å²) in [6.07, 6.45) is 2.64. The van der Waals surface area contributed by atoms with Gasteiger partial charge < -0.3 is 4.74 Å². The lowest BCUT2D eigenvalue weighted by Gasteiger charge is -2.22. The Morgan fingerprint density at radius 2 is 2.23 bits per heavy atom. The van der Waals surface area contributed by atoms with Gasteiger partial charge in [0.25, 0.3) is 0 Å². The highest BCUT2D eigenvalue weighted by atomic mass is 16.5. The Kier molecular flexibility index (Phi) is 3.72. The van der Waals surface area contributed by atoms with Crippen molar-refractivity contribution < 1.29 is 9.53 Å². The second-order valence-electron chi connectivity index (χ2n) is 3.81. The molecule has 3 nitrogen and oxygen atoms in total. The maximum absolute atomic E-state index is 11.3. The van der Waals surface area contributed by atoms with Gasteiger partial charge in [0, 0.05) is 6.54 Å². The lowest BCUT2D eigenvalue weighted by Crippen LogP contribution is -2.38. The zero-order valence-electron chi connectivity index (χ0n) is 8.75. The Balaban J connectivity index is 2.26. The van der Waals surface area contributed by atoms with Crippen LogP contribution in [0.25, 0.3) is 0 Å². The maximum atomic E-state index is 11.3. The van der Waals surface area contributed by atoms with E-state index in [-0.39, 0.29) is 12.0 Å². The van der Waals surface area contributed by atoms with Gasteiger partial charge in [0.05, 0.1) is 6.61 Å². The molecular formula is C10H19NO2. The highest BCUT2D eigenvalue weighted by Crippen LogP contribution is 2.29. The summed E-state index contributed by atoms with van der Waals surface area (Å²) in [6, 6.07) is -0.0967. The molecule has 0 N–H and O–H groups in total. The number of rotatable bonds is 5. The average molecular weight is 185 g/mol. The number of esters is 1. The molecule has 3 heteroatoms. The standard InChI is InChI=1S/C10H19NO2/c1-4-13-10(12)8(2)11(3)7-9-5-6-9/h8-9H,4-7H2,1-3H3. The van der Waals surface area contributed by atoms with Gasteiger partial charge in [-0.15, -0.1) is 0 Å². The summed E-state index contributed by atoms with van der Waals surface area (Å²) >= 11 is 0. The largest absolute Gasteiger partial charge is 0.465 e. The van der Waals surface area contributed by atoms with Crippen molar-refractivity contribution in [3.63, 3.8) is 0 Å². The minimum Gasteiger partial charge on any atom is -0.465 e. The molecule has 0 bridgehead atoms. The Bertz CT molecular complexity index is 178. The van der Waals surface area contributed by atoms with Crippen LogP contribution in [0.15, 0.2) is 0 Å². The van der Waals surface area contributed by atoms with E-state index in [9.17, 15) is 4.79 Å². The molecule has 0 spiro atoms. The molecular weight excluding hydrogens is 166 g/mol. The van der Waals surface area contributed by atoms with E-state index in [1.807, 2.05) is 20.9 Å². The number of carbonyl (C=O) groups is 1. The molecule has 1 unspecified atom stereocenters. The Hall–Kier alpha value is -0.570. The molecule has 0 radical (unpaired) electrons. The topological polar surface area (TPSA) is 29.5 Å². The molecule has 1 rings (SSSR count). The summed E-state index contributed by atoms with van der Waals surface area (Å²) in [6.45, 7) is 5.24. The zero-order chi connectivity index (χ0) is 9.84. The molecule has 76 valence electrons. The van der Waals surface area contributed by atoms with E-state index in [1.165, 1.54) is 12.8 Å². The predicted molar refractivity (Wildman–Crippen MR) is 51.4 cm³/mol. The second kappa shape index (κ2) is 4.61. The van der Waals surface area contributed by atoms with Crippen LogP contribution in [0.5, 0.6) is 0 Å². The lowest BCUT2D eigenvalue weighted by atomic mass is 10.2. The molecule has 1 aliphatic rings. The quantitative estimate of drug-likeness (QED) is 0.604. The van der Waals surface area contributed by atoms with Crippen LogP contribution in [0.1, 0.15) is 26.7 Å². The second-order valence-corrected chi connectivity index (χ2v) is 3.81. The van der Waals surface area contributed by atoms with Crippen molar-refractivity contribution in [1.82, 2.24) is 4.90 Å². The van der Waals surface area contributed by atoms with Crippen LogP contribution in [0, 0.1) is 5.92 Å². The molecule has 0 heterocycles. The molecule has 1 fully saturated rings. The summed E-state index contributed by atoms with van der Waals surface area (Å²) in [7, 11) is 1.99. The molecule has 0 aromatic carbocycles. The molecule has 13 heavy (non-hydrogen) atoms. The number of likely N-dealkylation sites (N-methyl/N-ethyl adjacent to an activating group) is 1. The fraction of sp³-hybridized carbons (Fsp3) is 0.900. The molecule has 0 aromatic rings. The van der Waals surface area contributed by atoms with Crippen LogP contribution in [-0.2, 0) is 9.53 Å². The van der Waals surface area contributed by atoms with E-state index < -0.39 is 0 Å². The number of carbonyl (C=O) groups excluding carboxylic acids is 1. The van der Waals surface area contributed by atoms with Gasteiger partial charge in [0.2, 0.25) is 0 Å². The van der Waals surface area contributed by atoms with Crippen molar-refractivity contribution in [1.29, 1.82) is 0 Å². The van der Waals surface area contributed by atoms with Crippen molar-refractivity contribution in [2.75, 3.05) is 20.2 Å². The van der Waals surface area contributed by atoms with Crippen LogP contribution in [0.2, 0.25) is 0 Å². The van der Waals surface area contributed by atoms with Crippen molar-refractivity contribution >= 4 is 5.97 Å². The van der Waals surface area contributed by atoms with Crippen LogP contribution in [0.4, 0.5) is 0 Å². The highest BCUT2D eigenvalue weighted by Gasteiger charge is 2.27. The predicted octanol–water partition coefficient (Wildman–Crippen LogP) is 1.28. The molecule has 1 saturated carbocycles. The normalized spacial score (nSPS) is 18.8. The third kappa shape index (κ3) is 3.35. The number of ether oxygens (including phenoxy) is 1. The third-order valence-electron chi connectivity index (χ3n) is 2.53. The molecule has 1 aliphatic carbocycles. The van der Waals surface area contributed by atoms with Crippen molar-refractivity contribution in [3.8, 4) is 0 Å². The minimum atomic E-state index is -0.106. The first-order valence-corrected chi connectivity index (χ1v) is 5.02. The van der Waals surface area contributed by atoms with E-state index >= 15 is 0 Å². The molecule has 0 amide bonds. The summed E-state index contributed by atoms with van der Waals surface area (Å²) in [5, 5.41) is 0. The van der Waals surface area contributed by atoms with Crippen LogP contribution < -0.4 is 0 Å². The highest BCUT2D eigenvalue weighted by molar-refractivity contribution is 5.75. The lowest BCUT2D eigenvalue weighted by molar-refractivity contribution is -0.148. The Morgan fingerprint density at radius 3 is 2.69 bits per heavy atom. The van der Waals surface area contributed by atoms with E-state index in [0.29, 0.717) is 6.61 Å². The van der Waals surface area contributed by atoms with Crippen molar-refractivity contribution in [2.45, 2.75) is 32.7 Å². The third-order valence-corrected chi connectivity index (χ3v) is 2.53. The van der Waals surface area contributed by atoms with Gasteiger partial charge in [-0.1, -0.05) is 0 Å². The molecule has 0 saturated heterocycles. The van der Waals surface area contributed by atoms with Gasteiger partial charge in [0.15, 0.2) is 0 Å². The SMILES string of the molecule is CCOC(=O)C(C)N(C)CC1CC1. The number of hydrogen-bond acceptors (Lipinski definition) is 3. The molecule has 1 atom stereocenters. The fourth-order valence-corrected chi connectivity index (χ4v) is 1.31. The first kappa shape index (κ1) is 10.5. The summed E-state index contributed by atoms with van der Waals surface area (Å²) in [4.78, 5) is 13.4. The van der Waals surface area contributed by atoms with Gasteiger partial charge in [-0.3, -0.25) is 9.69 Å². The molecule has 0 aliphatic heterocycles. The number of hydrogen-bond donors (Lipinski definition) is 0. The maximum Gasteiger partial charge on any atom is 0.323 e. The van der Waals surface area contributed by atoms with Gasteiger partial charge in [-0.2, -0.15) is 0 Å². The Labute approximate surface area is 80.1 Å². The van der Waals surface area contributed by atoms with Gasteiger partial charge in [-0.05, 0) is 39.7 Å². The van der Waals surface area contributed by atoms with E-state index in [1.54, 1.807) is 0 Å². The smallest absolute Gasteiger partial charge is 0.323 e. The summed E-state index contributed by atoms with van der Waals surface area (Å²) < 4.78 is 4.95. The Morgan fingerprint density at radius 1 is 1.62 bits per heavy atom. The summed E-state index contributed by atoms with van der Waals surface area (Å²) in [5.74, 6) is 0.715.